The summed E-state index contributed by atoms with van der Waals surface area (Å²) >= 11 is 0. The maximum absolute atomic E-state index is 11.7. The van der Waals surface area contributed by atoms with Gasteiger partial charge in [0.05, 0.1) is 18.6 Å². The molecule has 1 unspecified atom stereocenters. The average molecular weight is 245 g/mol. The van der Waals surface area contributed by atoms with Gasteiger partial charge in [0, 0.05) is 13.2 Å². The molecule has 1 fully saturated rings. The third-order valence-corrected chi connectivity index (χ3v) is 3.89. The maximum atomic E-state index is 11.7. The molecule has 1 atom stereocenters. The highest BCUT2D eigenvalue weighted by atomic mass is 32.2. The van der Waals surface area contributed by atoms with Crippen molar-refractivity contribution >= 4 is 10.0 Å². The number of imidazole rings is 1. The Labute approximate surface area is 94.5 Å². The number of H-pyrrole nitrogens is 1. The Morgan fingerprint density at radius 2 is 2.44 bits per heavy atom. The van der Waals surface area contributed by atoms with Crippen LogP contribution in [0.5, 0.6) is 0 Å². The summed E-state index contributed by atoms with van der Waals surface area (Å²) in [6.45, 7) is 1.04. The van der Waals surface area contributed by atoms with E-state index in [2.05, 4.69) is 14.7 Å². The molecule has 1 saturated heterocycles. The number of aromatic amines is 1. The van der Waals surface area contributed by atoms with E-state index in [0.29, 0.717) is 6.54 Å². The summed E-state index contributed by atoms with van der Waals surface area (Å²) in [4.78, 5) is 6.24. The Balaban J connectivity index is 1.89. The molecule has 90 valence electrons. The Morgan fingerprint density at radius 1 is 1.56 bits per heavy atom. The van der Waals surface area contributed by atoms with Crippen LogP contribution in [-0.4, -0.2) is 37.6 Å². The van der Waals surface area contributed by atoms with Gasteiger partial charge in [-0.05, 0) is 19.3 Å². The van der Waals surface area contributed by atoms with Crippen molar-refractivity contribution < 1.29 is 13.2 Å². The van der Waals surface area contributed by atoms with Crippen LogP contribution in [0.3, 0.4) is 0 Å². The highest BCUT2D eigenvalue weighted by Crippen LogP contribution is 2.12. The van der Waals surface area contributed by atoms with Crippen LogP contribution in [0.25, 0.3) is 0 Å². The molecule has 0 radical (unpaired) electrons. The third kappa shape index (κ3) is 2.81. The van der Waals surface area contributed by atoms with Gasteiger partial charge < -0.3 is 9.72 Å². The summed E-state index contributed by atoms with van der Waals surface area (Å²) in [7, 11) is -3.46. The average Bonchev–Trinajstić information content (AvgIpc) is 2.82. The van der Waals surface area contributed by atoms with Gasteiger partial charge >= 0.3 is 0 Å². The molecule has 0 saturated carbocycles. The number of aromatic nitrogens is 2. The topological polar surface area (TPSA) is 84.1 Å². The lowest BCUT2D eigenvalue weighted by molar-refractivity contribution is 0.0200. The molecule has 1 aromatic rings. The highest BCUT2D eigenvalue weighted by molar-refractivity contribution is 7.89. The molecule has 1 aromatic heterocycles. The van der Waals surface area contributed by atoms with E-state index in [0.717, 1.165) is 25.9 Å². The molecule has 0 amide bonds. The minimum absolute atomic E-state index is 0.00792. The number of ether oxygens (including phenoxy) is 1. The van der Waals surface area contributed by atoms with Gasteiger partial charge in [-0.2, -0.15) is 0 Å². The SMILES string of the molecule is O=S(=O)(NCC1CCCCO1)c1cnc[nH]1. The lowest BCUT2D eigenvalue weighted by Gasteiger charge is -2.22. The number of hydrogen-bond donors (Lipinski definition) is 2. The Morgan fingerprint density at radius 3 is 3.06 bits per heavy atom. The Hall–Kier alpha value is -0.920. The van der Waals surface area contributed by atoms with Gasteiger partial charge in [-0.3, -0.25) is 0 Å². The van der Waals surface area contributed by atoms with Gasteiger partial charge in [0.2, 0.25) is 0 Å². The monoisotopic (exact) mass is 245 g/mol. The fraction of sp³-hybridized carbons (Fsp3) is 0.667. The van der Waals surface area contributed by atoms with Crippen LogP contribution in [0, 0.1) is 0 Å². The summed E-state index contributed by atoms with van der Waals surface area (Å²) in [5.41, 5.74) is 0. The van der Waals surface area contributed by atoms with Crippen molar-refractivity contribution in [2.24, 2.45) is 0 Å². The van der Waals surface area contributed by atoms with Crippen LogP contribution in [0.2, 0.25) is 0 Å². The van der Waals surface area contributed by atoms with E-state index in [1.165, 1.54) is 12.5 Å². The first-order chi connectivity index (χ1) is 7.68. The van der Waals surface area contributed by atoms with Gasteiger partial charge in [-0.1, -0.05) is 0 Å². The first-order valence-electron chi connectivity index (χ1n) is 5.28. The molecule has 2 rings (SSSR count). The Kier molecular flexibility index (Phi) is 3.57. The molecule has 6 nitrogen and oxygen atoms in total. The number of hydrogen-bond acceptors (Lipinski definition) is 4. The second kappa shape index (κ2) is 4.94. The van der Waals surface area contributed by atoms with Gasteiger partial charge in [0.25, 0.3) is 10.0 Å². The van der Waals surface area contributed by atoms with E-state index in [9.17, 15) is 8.42 Å². The van der Waals surface area contributed by atoms with Crippen molar-refractivity contribution in [3.05, 3.63) is 12.5 Å². The molecule has 7 heteroatoms. The number of nitrogens with one attached hydrogen (secondary N) is 2. The van der Waals surface area contributed by atoms with E-state index >= 15 is 0 Å². The van der Waals surface area contributed by atoms with Gasteiger partial charge in [-0.25, -0.2) is 18.1 Å². The van der Waals surface area contributed by atoms with Crippen LogP contribution in [0.4, 0.5) is 0 Å². The molecular formula is C9H15N3O3S. The number of sulfonamides is 1. The quantitative estimate of drug-likeness (QED) is 0.796. The summed E-state index contributed by atoms with van der Waals surface area (Å²) in [6.07, 6.45) is 5.67. The molecule has 0 aliphatic carbocycles. The predicted octanol–water partition coefficient (Wildman–Crippen LogP) is 0.257. The second-order valence-electron chi connectivity index (χ2n) is 3.76. The third-order valence-electron chi connectivity index (χ3n) is 2.54. The van der Waals surface area contributed by atoms with Crippen molar-refractivity contribution in [2.45, 2.75) is 30.4 Å². The molecule has 16 heavy (non-hydrogen) atoms. The zero-order valence-electron chi connectivity index (χ0n) is 8.85. The largest absolute Gasteiger partial charge is 0.377 e. The summed E-state index contributed by atoms with van der Waals surface area (Å²) in [5.74, 6) is 0. The number of rotatable bonds is 4. The van der Waals surface area contributed by atoms with Crippen LogP contribution < -0.4 is 4.72 Å². The summed E-state index contributed by atoms with van der Waals surface area (Å²) in [5, 5.41) is 0.0864. The zero-order chi connectivity index (χ0) is 11.4. The smallest absolute Gasteiger partial charge is 0.257 e. The molecule has 1 aliphatic heterocycles. The molecule has 0 bridgehead atoms. The first kappa shape index (κ1) is 11.6. The first-order valence-corrected chi connectivity index (χ1v) is 6.76. The van der Waals surface area contributed by atoms with Crippen molar-refractivity contribution in [2.75, 3.05) is 13.2 Å². The van der Waals surface area contributed by atoms with E-state index < -0.39 is 10.0 Å². The lowest BCUT2D eigenvalue weighted by atomic mass is 10.1. The fourth-order valence-corrected chi connectivity index (χ4v) is 2.61. The van der Waals surface area contributed by atoms with E-state index in [4.69, 9.17) is 4.74 Å². The molecule has 2 N–H and O–H groups in total. The minimum atomic E-state index is -3.46. The molecule has 0 aromatic carbocycles. The summed E-state index contributed by atoms with van der Waals surface area (Å²) in [6, 6.07) is 0. The molecular weight excluding hydrogens is 230 g/mol. The van der Waals surface area contributed by atoms with Crippen LogP contribution >= 0.6 is 0 Å². The van der Waals surface area contributed by atoms with Crippen LogP contribution in [-0.2, 0) is 14.8 Å². The standard InChI is InChI=1S/C9H15N3O3S/c13-16(14,9-6-10-7-11-9)12-5-8-3-1-2-4-15-8/h6-8,12H,1-5H2,(H,10,11). The number of nitrogens with zero attached hydrogens (tertiary/aromatic N) is 1. The fourth-order valence-electron chi connectivity index (χ4n) is 1.64. The Bertz CT molecular complexity index is 409. The van der Waals surface area contributed by atoms with Gasteiger partial charge in [-0.15, -0.1) is 0 Å². The lowest BCUT2D eigenvalue weighted by Crippen LogP contribution is -2.35. The highest BCUT2D eigenvalue weighted by Gasteiger charge is 2.19. The van der Waals surface area contributed by atoms with E-state index in [1.54, 1.807) is 0 Å². The van der Waals surface area contributed by atoms with Crippen LogP contribution in [0.1, 0.15) is 19.3 Å². The molecule has 1 aliphatic rings. The zero-order valence-corrected chi connectivity index (χ0v) is 9.66. The summed E-state index contributed by atoms with van der Waals surface area (Å²) < 4.78 is 31.3. The predicted molar refractivity (Wildman–Crippen MR) is 57.4 cm³/mol. The minimum Gasteiger partial charge on any atom is -0.377 e. The van der Waals surface area contributed by atoms with Crippen molar-refractivity contribution in [3.63, 3.8) is 0 Å². The second-order valence-corrected chi connectivity index (χ2v) is 5.49. The van der Waals surface area contributed by atoms with Crippen molar-refractivity contribution in [1.29, 1.82) is 0 Å². The normalized spacial score (nSPS) is 22.1. The van der Waals surface area contributed by atoms with E-state index in [-0.39, 0.29) is 11.1 Å². The molecule has 2 heterocycles. The van der Waals surface area contributed by atoms with Gasteiger partial charge in [0.15, 0.2) is 5.03 Å². The van der Waals surface area contributed by atoms with Crippen molar-refractivity contribution in [1.82, 2.24) is 14.7 Å². The van der Waals surface area contributed by atoms with Crippen LogP contribution in [0.15, 0.2) is 17.6 Å². The van der Waals surface area contributed by atoms with Gasteiger partial charge in [0.1, 0.15) is 0 Å². The maximum Gasteiger partial charge on any atom is 0.257 e. The van der Waals surface area contributed by atoms with Crippen molar-refractivity contribution in [3.8, 4) is 0 Å². The van der Waals surface area contributed by atoms with E-state index in [1.807, 2.05) is 0 Å². The molecule has 0 spiro atoms.